The molecule has 1 saturated heterocycles. The Morgan fingerprint density at radius 1 is 1.16 bits per heavy atom. The van der Waals surface area contributed by atoms with E-state index in [4.69, 9.17) is 14.2 Å². The van der Waals surface area contributed by atoms with Crippen LogP contribution in [-0.4, -0.2) is 59.8 Å². The van der Waals surface area contributed by atoms with Gasteiger partial charge in [0.15, 0.2) is 6.61 Å². The molecular weight excluding hydrogens is 410 g/mol. The zero-order chi connectivity index (χ0) is 22.9. The van der Waals surface area contributed by atoms with Gasteiger partial charge in [-0.25, -0.2) is 4.98 Å². The Labute approximate surface area is 188 Å². The van der Waals surface area contributed by atoms with Gasteiger partial charge >= 0.3 is 6.01 Å². The molecule has 1 N–H and O–H groups in total. The summed E-state index contributed by atoms with van der Waals surface area (Å²) in [7, 11) is 3.01. The summed E-state index contributed by atoms with van der Waals surface area (Å²) in [6, 6.07) is 6.12. The molecule has 8 nitrogen and oxygen atoms in total. The van der Waals surface area contributed by atoms with Gasteiger partial charge in [0.25, 0.3) is 5.91 Å². The van der Waals surface area contributed by atoms with Crippen LogP contribution in [0.4, 0.5) is 0 Å². The van der Waals surface area contributed by atoms with Crippen molar-refractivity contribution >= 4 is 5.91 Å². The SMILES string of the molecule is COc1ncc(C2(O)[C@H]3CCC[C@H]2CN(C(=O)COc2c(C)cccc2C)C3)c(OC)n1. The quantitative estimate of drug-likeness (QED) is 0.736. The molecule has 2 atom stereocenters. The van der Waals surface area contributed by atoms with E-state index in [1.165, 1.54) is 14.2 Å². The van der Waals surface area contributed by atoms with Gasteiger partial charge in [0, 0.05) is 31.1 Å². The van der Waals surface area contributed by atoms with Gasteiger partial charge in [0.05, 0.1) is 19.8 Å². The fourth-order valence-electron chi connectivity index (χ4n) is 5.23. The maximum atomic E-state index is 13.0. The first-order valence-corrected chi connectivity index (χ1v) is 11.0. The summed E-state index contributed by atoms with van der Waals surface area (Å²) in [5.41, 5.74) is 1.43. The standard InChI is InChI=1S/C24H31N3O5/c1-15-7-5-8-16(2)21(15)32-14-20(28)27-12-17-9-6-10-18(13-27)24(17,29)19-11-25-23(31-4)26-22(19)30-3/h5,7-8,11,17-18,29H,6,9-10,12-14H2,1-4H3/t17-,18-/m0/s1. The first kappa shape index (κ1) is 22.3. The lowest BCUT2D eigenvalue weighted by Crippen LogP contribution is -2.60. The van der Waals surface area contributed by atoms with E-state index in [0.717, 1.165) is 36.1 Å². The number of nitrogens with zero attached hydrogens (tertiary/aromatic N) is 3. The first-order valence-electron chi connectivity index (χ1n) is 11.0. The maximum Gasteiger partial charge on any atom is 0.319 e. The minimum Gasteiger partial charge on any atom is -0.483 e. The highest BCUT2D eigenvalue weighted by Crippen LogP contribution is 2.51. The molecule has 2 heterocycles. The van der Waals surface area contributed by atoms with Crippen LogP contribution in [0.5, 0.6) is 17.6 Å². The van der Waals surface area contributed by atoms with Crippen molar-refractivity contribution in [1.29, 1.82) is 0 Å². The van der Waals surface area contributed by atoms with E-state index in [1.54, 1.807) is 6.20 Å². The number of aliphatic hydroxyl groups is 1. The van der Waals surface area contributed by atoms with Crippen molar-refractivity contribution in [3.8, 4) is 17.6 Å². The number of benzene rings is 1. The molecule has 2 fully saturated rings. The maximum absolute atomic E-state index is 13.0. The molecule has 0 unspecified atom stereocenters. The Bertz CT molecular complexity index is 961. The predicted octanol–water partition coefficient (Wildman–Crippen LogP) is 2.64. The highest BCUT2D eigenvalue weighted by molar-refractivity contribution is 5.78. The molecule has 1 aliphatic carbocycles. The predicted molar refractivity (Wildman–Crippen MR) is 118 cm³/mol. The number of aryl methyl sites for hydroxylation is 2. The molecule has 2 aromatic rings. The minimum atomic E-state index is -1.15. The summed E-state index contributed by atoms with van der Waals surface area (Å²) in [5, 5.41) is 11.9. The van der Waals surface area contributed by atoms with E-state index < -0.39 is 5.60 Å². The van der Waals surface area contributed by atoms with Gasteiger partial charge in [-0.05, 0) is 37.8 Å². The van der Waals surface area contributed by atoms with Crippen LogP contribution in [0.1, 0.15) is 36.0 Å². The Hall–Kier alpha value is -2.87. The van der Waals surface area contributed by atoms with Crippen LogP contribution in [0.25, 0.3) is 0 Å². The van der Waals surface area contributed by atoms with Crippen molar-refractivity contribution in [3.63, 3.8) is 0 Å². The second-order valence-electron chi connectivity index (χ2n) is 8.74. The first-order chi connectivity index (χ1) is 15.4. The van der Waals surface area contributed by atoms with Crippen LogP contribution in [0.15, 0.2) is 24.4 Å². The van der Waals surface area contributed by atoms with Gasteiger partial charge in [0.2, 0.25) is 5.88 Å². The number of carbonyl (C=O) groups is 1. The normalized spacial score (nSPS) is 24.7. The fraction of sp³-hybridized carbons (Fsp3) is 0.542. The molecule has 0 radical (unpaired) electrons. The molecule has 32 heavy (non-hydrogen) atoms. The number of carbonyl (C=O) groups excluding carboxylic acids is 1. The summed E-state index contributed by atoms with van der Waals surface area (Å²) < 4.78 is 16.5. The van der Waals surface area contributed by atoms with Gasteiger partial charge in [-0.2, -0.15) is 4.98 Å². The second-order valence-corrected chi connectivity index (χ2v) is 8.74. The van der Waals surface area contributed by atoms with E-state index >= 15 is 0 Å². The van der Waals surface area contributed by atoms with Crippen LogP contribution >= 0.6 is 0 Å². The molecule has 1 aromatic carbocycles. The van der Waals surface area contributed by atoms with E-state index in [2.05, 4.69) is 9.97 Å². The zero-order valence-electron chi connectivity index (χ0n) is 19.1. The summed E-state index contributed by atoms with van der Waals surface area (Å²) in [6.45, 7) is 4.85. The molecule has 172 valence electrons. The Morgan fingerprint density at radius 2 is 1.81 bits per heavy atom. The average Bonchev–Trinajstić information content (AvgIpc) is 2.77. The molecule has 2 bridgehead atoms. The lowest BCUT2D eigenvalue weighted by Gasteiger charge is -2.53. The highest BCUT2D eigenvalue weighted by atomic mass is 16.5. The topological polar surface area (TPSA) is 94.0 Å². The van der Waals surface area contributed by atoms with Gasteiger partial charge in [-0.15, -0.1) is 0 Å². The molecule has 1 aromatic heterocycles. The van der Waals surface area contributed by atoms with E-state index in [1.807, 2.05) is 36.9 Å². The second kappa shape index (κ2) is 8.94. The molecule has 2 aliphatic rings. The van der Waals surface area contributed by atoms with Crippen molar-refractivity contribution in [2.45, 2.75) is 38.7 Å². The molecule has 1 amide bonds. The van der Waals surface area contributed by atoms with Crippen LogP contribution < -0.4 is 14.2 Å². The highest BCUT2D eigenvalue weighted by Gasteiger charge is 2.54. The number of fused-ring (bicyclic) bond motifs is 2. The smallest absolute Gasteiger partial charge is 0.319 e. The third-order valence-electron chi connectivity index (χ3n) is 6.87. The number of methoxy groups -OCH3 is 2. The number of hydrogen-bond acceptors (Lipinski definition) is 7. The molecule has 1 aliphatic heterocycles. The van der Waals surface area contributed by atoms with Crippen molar-refractivity contribution in [2.24, 2.45) is 11.8 Å². The third-order valence-corrected chi connectivity index (χ3v) is 6.87. The average molecular weight is 442 g/mol. The number of rotatable bonds is 6. The van der Waals surface area contributed by atoms with E-state index in [0.29, 0.717) is 24.5 Å². The summed E-state index contributed by atoms with van der Waals surface area (Å²) in [5.74, 6) is 0.740. The molecular formula is C24H31N3O5. The fourth-order valence-corrected chi connectivity index (χ4v) is 5.23. The minimum absolute atomic E-state index is 0.0153. The van der Waals surface area contributed by atoms with Crippen molar-refractivity contribution in [2.75, 3.05) is 33.9 Å². The van der Waals surface area contributed by atoms with Crippen LogP contribution in [0.2, 0.25) is 0 Å². The van der Waals surface area contributed by atoms with Crippen LogP contribution in [0, 0.1) is 25.7 Å². The van der Waals surface area contributed by atoms with Crippen LogP contribution in [-0.2, 0) is 10.4 Å². The number of aromatic nitrogens is 2. The van der Waals surface area contributed by atoms with Crippen molar-refractivity contribution in [1.82, 2.24) is 14.9 Å². The van der Waals surface area contributed by atoms with Crippen molar-refractivity contribution < 1.29 is 24.1 Å². The Morgan fingerprint density at radius 3 is 2.41 bits per heavy atom. The molecule has 4 rings (SSSR count). The number of amides is 1. The third kappa shape index (κ3) is 3.88. The lowest BCUT2D eigenvalue weighted by molar-refractivity contribution is -0.165. The number of ether oxygens (including phenoxy) is 3. The monoisotopic (exact) mass is 441 g/mol. The molecule has 0 spiro atoms. The lowest BCUT2D eigenvalue weighted by atomic mass is 9.63. The number of hydrogen-bond donors (Lipinski definition) is 1. The summed E-state index contributed by atoms with van der Waals surface area (Å²) >= 11 is 0. The van der Waals surface area contributed by atoms with E-state index in [9.17, 15) is 9.90 Å². The summed E-state index contributed by atoms with van der Waals surface area (Å²) in [6.07, 6.45) is 4.23. The molecule has 1 saturated carbocycles. The Kier molecular flexibility index (Phi) is 6.24. The zero-order valence-corrected chi connectivity index (χ0v) is 19.1. The van der Waals surface area contributed by atoms with E-state index in [-0.39, 0.29) is 30.4 Å². The largest absolute Gasteiger partial charge is 0.483 e. The van der Waals surface area contributed by atoms with Gasteiger partial charge in [0.1, 0.15) is 11.4 Å². The van der Waals surface area contributed by atoms with Crippen molar-refractivity contribution in [3.05, 3.63) is 41.1 Å². The van der Waals surface area contributed by atoms with Gasteiger partial charge in [-0.3, -0.25) is 4.79 Å². The molecule has 8 heteroatoms. The van der Waals surface area contributed by atoms with Gasteiger partial charge in [-0.1, -0.05) is 24.6 Å². The Balaban J connectivity index is 1.53. The number of likely N-dealkylation sites (tertiary alicyclic amines) is 1. The van der Waals surface area contributed by atoms with Gasteiger partial charge < -0.3 is 24.2 Å². The number of piperidine rings is 1. The number of para-hydroxylation sites is 1. The summed E-state index contributed by atoms with van der Waals surface area (Å²) in [4.78, 5) is 23.3. The van der Waals surface area contributed by atoms with Crippen LogP contribution in [0.3, 0.4) is 0 Å².